The predicted molar refractivity (Wildman–Crippen MR) is 207 cm³/mol. The molecule has 0 amide bonds. The van der Waals surface area contributed by atoms with E-state index in [1.807, 2.05) is 17.4 Å². The third-order valence-electron chi connectivity index (χ3n) is 8.69. The lowest BCUT2D eigenvalue weighted by Gasteiger charge is -2.27. The molecular weight excluding hydrogens is 632 g/mol. The number of nitrogens with zero attached hydrogens (tertiary/aromatic N) is 2. The van der Waals surface area contributed by atoms with Crippen LogP contribution in [0.5, 0.6) is 0 Å². The van der Waals surface area contributed by atoms with Gasteiger partial charge in [0, 0.05) is 64.1 Å². The van der Waals surface area contributed by atoms with Crippen LogP contribution < -0.4 is 9.80 Å². The number of anilines is 6. The summed E-state index contributed by atoms with van der Waals surface area (Å²) in [5, 5.41) is 5.71. The average Bonchev–Trinajstić information content (AvgIpc) is 3.69. The Morgan fingerprint density at radius 2 is 0.894 bits per heavy atom. The molecule has 224 valence electrons. The maximum absolute atomic E-state index is 7.12. The van der Waals surface area contributed by atoms with Gasteiger partial charge in [-0.15, -0.1) is 22.7 Å². The van der Waals surface area contributed by atoms with Crippen LogP contribution in [0.25, 0.3) is 40.3 Å². The molecule has 2 nitrogen and oxygen atoms in total. The van der Waals surface area contributed by atoms with E-state index in [-0.39, 0.29) is 0 Å². The minimum absolute atomic E-state index is 0.732. The summed E-state index contributed by atoms with van der Waals surface area (Å²) >= 11 is 10.8. The van der Waals surface area contributed by atoms with Crippen LogP contribution in [0, 0.1) is 0 Å². The highest BCUT2D eigenvalue weighted by Gasteiger charge is 2.22. The highest BCUT2D eigenvalue weighted by molar-refractivity contribution is 7.26. The van der Waals surface area contributed by atoms with Gasteiger partial charge in [-0.1, -0.05) is 96.5 Å². The summed E-state index contributed by atoms with van der Waals surface area (Å²) < 4.78 is 4.94. The van der Waals surface area contributed by atoms with Gasteiger partial charge >= 0.3 is 0 Å². The Morgan fingerprint density at radius 1 is 0.362 bits per heavy atom. The summed E-state index contributed by atoms with van der Waals surface area (Å²) in [6.45, 7) is 0. The first-order chi connectivity index (χ1) is 23.2. The van der Waals surface area contributed by atoms with Crippen molar-refractivity contribution in [3.05, 3.63) is 169 Å². The number of halogens is 1. The van der Waals surface area contributed by atoms with Crippen LogP contribution in [0.2, 0.25) is 5.02 Å². The number of thiophene rings is 2. The second-order valence-electron chi connectivity index (χ2n) is 11.5. The van der Waals surface area contributed by atoms with Crippen molar-refractivity contribution < 1.29 is 0 Å². The number of rotatable bonds is 6. The molecule has 0 saturated heterocycles. The monoisotopic (exact) mass is 658 g/mol. The number of benzene rings is 7. The topological polar surface area (TPSA) is 6.48 Å². The number of hydrogen-bond acceptors (Lipinski definition) is 4. The predicted octanol–water partition coefficient (Wildman–Crippen LogP) is 14.0. The van der Waals surface area contributed by atoms with Crippen LogP contribution >= 0.6 is 34.3 Å². The van der Waals surface area contributed by atoms with Gasteiger partial charge in [0.1, 0.15) is 0 Å². The van der Waals surface area contributed by atoms with Gasteiger partial charge in [-0.2, -0.15) is 0 Å². The molecule has 7 aromatic carbocycles. The lowest BCUT2D eigenvalue weighted by atomic mass is 10.1. The van der Waals surface area contributed by atoms with Crippen molar-refractivity contribution in [3.63, 3.8) is 0 Å². The van der Waals surface area contributed by atoms with Gasteiger partial charge in [0.05, 0.1) is 15.4 Å². The SMILES string of the molecule is Clc1ccc2c(sc3ccccc32)c1N(c1ccccc1)c1ccc2c(c1)sc1ccc(N(c3ccccc3)c3ccccc3)cc12. The summed E-state index contributed by atoms with van der Waals surface area (Å²) in [5.74, 6) is 0. The van der Waals surface area contributed by atoms with E-state index in [0.29, 0.717) is 0 Å². The first-order valence-electron chi connectivity index (χ1n) is 15.5. The largest absolute Gasteiger partial charge is 0.310 e. The van der Waals surface area contributed by atoms with Crippen LogP contribution in [-0.2, 0) is 0 Å². The Bertz CT molecular complexity index is 2500. The number of para-hydroxylation sites is 3. The quantitative estimate of drug-likeness (QED) is 0.175. The number of fused-ring (bicyclic) bond motifs is 6. The second-order valence-corrected chi connectivity index (χ2v) is 14.1. The Hall–Kier alpha value is -5.13. The van der Waals surface area contributed by atoms with E-state index in [0.717, 1.165) is 39.1 Å². The zero-order valence-electron chi connectivity index (χ0n) is 25.2. The van der Waals surface area contributed by atoms with Crippen molar-refractivity contribution in [2.75, 3.05) is 9.80 Å². The highest BCUT2D eigenvalue weighted by Crippen LogP contribution is 2.49. The van der Waals surface area contributed by atoms with Crippen molar-refractivity contribution in [2.24, 2.45) is 0 Å². The van der Waals surface area contributed by atoms with Crippen molar-refractivity contribution in [3.8, 4) is 0 Å². The molecule has 0 aliphatic heterocycles. The van der Waals surface area contributed by atoms with Crippen LogP contribution in [0.4, 0.5) is 34.1 Å². The van der Waals surface area contributed by atoms with E-state index in [2.05, 4.69) is 168 Å². The molecule has 2 aromatic heterocycles. The van der Waals surface area contributed by atoms with Crippen LogP contribution in [0.3, 0.4) is 0 Å². The molecule has 9 rings (SSSR count). The van der Waals surface area contributed by atoms with E-state index in [4.69, 9.17) is 11.6 Å². The summed E-state index contributed by atoms with van der Waals surface area (Å²) in [6.07, 6.45) is 0. The molecule has 0 aliphatic carbocycles. The fraction of sp³-hybridized carbons (Fsp3) is 0. The Morgan fingerprint density at radius 3 is 1.60 bits per heavy atom. The summed E-state index contributed by atoms with van der Waals surface area (Å²) in [5.41, 5.74) is 6.56. The van der Waals surface area contributed by atoms with Crippen molar-refractivity contribution in [2.45, 2.75) is 0 Å². The third kappa shape index (κ3) is 4.85. The van der Waals surface area contributed by atoms with Gasteiger partial charge in [-0.3, -0.25) is 0 Å². The lowest BCUT2D eigenvalue weighted by Crippen LogP contribution is -2.10. The summed E-state index contributed by atoms with van der Waals surface area (Å²) in [7, 11) is 0. The molecule has 9 aromatic rings. The maximum atomic E-state index is 7.12. The fourth-order valence-electron chi connectivity index (χ4n) is 6.58. The van der Waals surface area contributed by atoms with Crippen LogP contribution in [0.1, 0.15) is 0 Å². The van der Waals surface area contributed by atoms with E-state index >= 15 is 0 Å². The minimum atomic E-state index is 0.732. The van der Waals surface area contributed by atoms with Gasteiger partial charge in [-0.05, 0) is 78.9 Å². The fourth-order valence-corrected chi connectivity index (χ4v) is 9.23. The lowest BCUT2D eigenvalue weighted by molar-refractivity contribution is 1.29. The summed E-state index contributed by atoms with van der Waals surface area (Å²) in [4.78, 5) is 4.64. The van der Waals surface area contributed by atoms with Crippen molar-refractivity contribution >= 4 is 109 Å². The molecule has 0 atom stereocenters. The first-order valence-corrected chi connectivity index (χ1v) is 17.6. The molecule has 0 bridgehead atoms. The Kier molecular flexibility index (Phi) is 6.93. The van der Waals surface area contributed by atoms with Gasteiger partial charge in [0.25, 0.3) is 0 Å². The van der Waals surface area contributed by atoms with Crippen molar-refractivity contribution in [1.82, 2.24) is 0 Å². The van der Waals surface area contributed by atoms with Gasteiger partial charge < -0.3 is 9.80 Å². The van der Waals surface area contributed by atoms with E-state index in [1.165, 1.54) is 40.3 Å². The molecule has 0 unspecified atom stereocenters. The molecule has 5 heteroatoms. The van der Waals surface area contributed by atoms with E-state index in [9.17, 15) is 0 Å². The smallest absolute Gasteiger partial charge is 0.0827 e. The van der Waals surface area contributed by atoms with Crippen LogP contribution in [0.15, 0.2) is 164 Å². The molecule has 0 N–H and O–H groups in total. The molecule has 0 spiro atoms. The van der Waals surface area contributed by atoms with Gasteiger partial charge in [0.2, 0.25) is 0 Å². The average molecular weight is 659 g/mol. The maximum Gasteiger partial charge on any atom is 0.0827 e. The van der Waals surface area contributed by atoms with E-state index in [1.54, 1.807) is 11.3 Å². The first kappa shape index (κ1) is 28.1. The molecular formula is C42H27ClN2S2. The standard InChI is InChI=1S/C42H27ClN2S2/c43-37-24-23-35-33-18-10-11-19-38(33)47-42(35)41(37)45(30-16-8-3-9-17-30)32-20-22-34-36-26-31(21-25-39(36)46-40(34)27-32)44(28-12-4-1-5-13-28)29-14-6-2-7-15-29/h1-27H. The molecule has 2 heterocycles. The van der Waals surface area contributed by atoms with Gasteiger partial charge in [-0.25, -0.2) is 0 Å². The third-order valence-corrected chi connectivity index (χ3v) is 11.3. The zero-order chi connectivity index (χ0) is 31.3. The Labute approximate surface area is 285 Å². The normalized spacial score (nSPS) is 11.5. The summed E-state index contributed by atoms with van der Waals surface area (Å²) in [6, 6.07) is 58.2. The highest BCUT2D eigenvalue weighted by atomic mass is 35.5. The zero-order valence-corrected chi connectivity index (χ0v) is 27.6. The molecule has 47 heavy (non-hydrogen) atoms. The molecule has 0 radical (unpaired) electrons. The second kappa shape index (κ2) is 11.6. The Balaban J connectivity index is 1.22. The molecule has 0 saturated carbocycles. The number of hydrogen-bond donors (Lipinski definition) is 0. The molecule has 0 fully saturated rings. The van der Waals surface area contributed by atoms with E-state index < -0.39 is 0 Å². The molecule has 0 aliphatic rings. The van der Waals surface area contributed by atoms with Gasteiger partial charge in [0.15, 0.2) is 0 Å². The van der Waals surface area contributed by atoms with Crippen LogP contribution in [-0.4, -0.2) is 0 Å². The minimum Gasteiger partial charge on any atom is -0.310 e. The van der Waals surface area contributed by atoms with Crippen molar-refractivity contribution in [1.29, 1.82) is 0 Å².